The van der Waals surface area contributed by atoms with E-state index in [2.05, 4.69) is 30.7 Å². The van der Waals surface area contributed by atoms with Gasteiger partial charge >= 0.3 is 0 Å². The van der Waals surface area contributed by atoms with Crippen LogP contribution in [0.2, 0.25) is 0 Å². The van der Waals surface area contributed by atoms with Crippen molar-refractivity contribution < 1.29 is 9.47 Å². The van der Waals surface area contributed by atoms with Gasteiger partial charge in [-0.05, 0) is 17.7 Å². The fourth-order valence-electron chi connectivity index (χ4n) is 2.41. The zero-order chi connectivity index (χ0) is 19.8. The molecule has 3 rings (SSSR count). The molecule has 2 aromatic heterocycles. The van der Waals surface area contributed by atoms with E-state index in [1.54, 1.807) is 25.0 Å². The quantitative estimate of drug-likeness (QED) is 0.287. The van der Waals surface area contributed by atoms with Gasteiger partial charge in [0.1, 0.15) is 23.7 Å². The molecule has 0 saturated heterocycles. The monoisotopic (exact) mass is 509 g/mol. The average Bonchev–Trinajstić information content (AvgIpc) is 3.14. The molecule has 0 bridgehead atoms. The van der Waals surface area contributed by atoms with Crippen LogP contribution in [0.4, 0.5) is 0 Å². The largest absolute Gasteiger partial charge is 0.497 e. The normalized spacial score (nSPS) is 10.8. The molecule has 2 N–H and O–H groups in total. The third-order valence-electron chi connectivity index (χ3n) is 3.96. The Labute approximate surface area is 186 Å². The van der Waals surface area contributed by atoms with Crippen molar-refractivity contribution >= 4 is 29.9 Å². The van der Waals surface area contributed by atoms with Crippen LogP contribution >= 0.6 is 24.0 Å². The molecule has 0 spiro atoms. The molecule has 2 heterocycles. The maximum absolute atomic E-state index is 5.75. The number of pyridine rings is 1. The molecular weight excluding hydrogens is 485 g/mol. The van der Waals surface area contributed by atoms with E-state index in [9.17, 15) is 0 Å². The van der Waals surface area contributed by atoms with Crippen LogP contribution in [0.1, 0.15) is 11.4 Å². The van der Waals surface area contributed by atoms with Crippen molar-refractivity contribution in [3.8, 4) is 17.4 Å². The lowest BCUT2D eigenvalue weighted by Crippen LogP contribution is -2.36. The second kappa shape index (κ2) is 11.2. The molecule has 0 aliphatic heterocycles. The Morgan fingerprint density at radius 2 is 1.90 bits per heavy atom. The zero-order valence-electron chi connectivity index (χ0n) is 16.5. The Morgan fingerprint density at radius 3 is 2.55 bits per heavy atom. The Morgan fingerprint density at radius 1 is 1.10 bits per heavy atom. The van der Waals surface area contributed by atoms with Crippen LogP contribution < -0.4 is 20.1 Å². The Hall–Kier alpha value is -2.89. The predicted molar refractivity (Wildman–Crippen MR) is 121 cm³/mol. The molecular formula is C19H24IN7O2. The summed E-state index contributed by atoms with van der Waals surface area (Å²) in [6.07, 6.45) is 3.28. The van der Waals surface area contributed by atoms with Crippen molar-refractivity contribution in [3.05, 3.63) is 60.3 Å². The average molecular weight is 509 g/mol. The maximum atomic E-state index is 5.75. The van der Waals surface area contributed by atoms with E-state index in [0.717, 1.165) is 17.1 Å². The third-order valence-corrected chi connectivity index (χ3v) is 3.96. The SMILES string of the molecule is CN=C(NCc1ccc(Oc2cccc(OC)c2)nc1)NCc1ncnn1C.I. The van der Waals surface area contributed by atoms with Crippen LogP contribution in [0.25, 0.3) is 0 Å². The molecule has 0 atom stereocenters. The fraction of sp³-hybridized carbons (Fsp3) is 0.263. The molecule has 1 aromatic carbocycles. The minimum Gasteiger partial charge on any atom is -0.497 e. The molecule has 0 saturated carbocycles. The van der Waals surface area contributed by atoms with Gasteiger partial charge in [0.05, 0.1) is 13.7 Å². The Bertz CT molecular complexity index is 928. The molecule has 10 heteroatoms. The molecule has 0 unspecified atom stereocenters. The van der Waals surface area contributed by atoms with E-state index < -0.39 is 0 Å². The summed E-state index contributed by atoms with van der Waals surface area (Å²) in [5.41, 5.74) is 1.000. The number of aromatic nitrogens is 4. The van der Waals surface area contributed by atoms with Crippen molar-refractivity contribution in [1.29, 1.82) is 0 Å². The first-order valence-corrected chi connectivity index (χ1v) is 8.72. The first-order chi connectivity index (χ1) is 13.7. The second-order valence-electron chi connectivity index (χ2n) is 5.86. The van der Waals surface area contributed by atoms with Gasteiger partial charge in [0.2, 0.25) is 5.88 Å². The highest BCUT2D eigenvalue weighted by Crippen LogP contribution is 2.23. The summed E-state index contributed by atoms with van der Waals surface area (Å²) in [4.78, 5) is 12.7. The van der Waals surface area contributed by atoms with Gasteiger partial charge in [-0.15, -0.1) is 24.0 Å². The number of halogens is 1. The lowest BCUT2D eigenvalue weighted by Gasteiger charge is -2.12. The molecule has 29 heavy (non-hydrogen) atoms. The van der Waals surface area contributed by atoms with Crippen LogP contribution in [0.3, 0.4) is 0 Å². The number of nitrogens with one attached hydrogen (secondary N) is 2. The van der Waals surface area contributed by atoms with Crippen LogP contribution in [0.5, 0.6) is 17.4 Å². The molecule has 9 nitrogen and oxygen atoms in total. The van der Waals surface area contributed by atoms with Gasteiger partial charge in [-0.2, -0.15) is 5.10 Å². The predicted octanol–water partition coefficient (Wildman–Crippen LogP) is 2.49. The van der Waals surface area contributed by atoms with Crippen LogP contribution in [0, 0.1) is 0 Å². The van der Waals surface area contributed by atoms with Gasteiger partial charge in [-0.1, -0.05) is 12.1 Å². The molecule has 0 fully saturated rings. The summed E-state index contributed by atoms with van der Waals surface area (Å²) in [6, 6.07) is 11.2. The summed E-state index contributed by atoms with van der Waals surface area (Å²) in [6.45, 7) is 1.10. The van der Waals surface area contributed by atoms with Crippen LogP contribution in [-0.4, -0.2) is 39.9 Å². The summed E-state index contributed by atoms with van der Waals surface area (Å²) in [5.74, 6) is 3.41. The highest BCUT2D eigenvalue weighted by atomic mass is 127. The molecule has 154 valence electrons. The molecule has 3 aromatic rings. The number of nitrogens with zero attached hydrogens (tertiary/aromatic N) is 5. The van der Waals surface area contributed by atoms with Crippen molar-refractivity contribution in [3.63, 3.8) is 0 Å². The van der Waals surface area contributed by atoms with Crippen molar-refractivity contribution in [2.75, 3.05) is 14.2 Å². The highest BCUT2D eigenvalue weighted by Gasteiger charge is 2.04. The van der Waals surface area contributed by atoms with Gasteiger partial charge < -0.3 is 20.1 Å². The van der Waals surface area contributed by atoms with E-state index in [4.69, 9.17) is 9.47 Å². The molecule has 0 amide bonds. The zero-order valence-corrected chi connectivity index (χ0v) is 18.8. The summed E-state index contributed by atoms with van der Waals surface area (Å²) < 4.78 is 12.7. The van der Waals surface area contributed by atoms with Crippen molar-refractivity contribution in [2.24, 2.45) is 12.0 Å². The number of aryl methyl sites for hydroxylation is 1. The van der Waals surface area contributed by atoms with Crippen LogP contribution in [-0.2, 0) is 20.1 Å². The summed E-state index contributed by atoms with van der Waals surface area (Å²) >= 11 is 0. The number of rotatable bonds is 7. The lowest BCUT2D eigenvalue weighted by atomic mass is 10.3. The Balaban J connectivity index is 0.00000300. The van der Waals surface area contributed by atoms with Crippen molar-refractivity contribution in [2.45, 2.75) is 13.1 Å². The van der Waals surface area contributed by atoms with Gasteiger partial charge in [0.25, 0.3) is 0 Å². The van der Waals surface area contributed by atoms with E-state index in [1.807, 2.05) is 43.4 Å². The number of aliphatic imine (C=N–C) groups is 1. The van der Waals surface area contributed by atoms with Crippen molar-refractivity contribution in [1.82, 2.24) is 30.4 Å². The number of hydrogen-bond acceptors (Lipinski definition) is 6. The van der Waals surface area contributed by atoms with Gasteiger partial charge in [0, 0.05) is 39.0 Å². The van der Waals surface area contributed by atoms with Gasteiger partial charge in [-0.25, -0.2) is 9.97 Å². The highest BCUT2D eigenvalue weighted by molar-refractivity contribution is 14.0. The minimum absolute atomic E-state index is 0. The third kappa shape index (κ3) is 6.59. The number of hydrogen-bond donors (Lipinski definition) is 2. The fourth-order valence-corrected chi connectivity index (χ4v) is 2.41. The number of methoxy groups -OCH3 is 1. The second-order valence-corrected chi connectivity index (χ2v) is 5.86. The van der Waals surface area contributed by atoms with E-state index in [-0.39, 0.29) is 24.0 Å². The number of guanidine groups is 1. The van der Waals surface area contributed by atoms with Gasteiger partial charge in [0.15, 0.2) is 5.96 Å². The van der Waals surface area contributed by atoms with Crippen LogP contribution in [0.15, 0.2) is 53.9 Å². The minimum atomic E-state index is 0. The number of ether oxygens (including phenoxy) is 2. The van der Waals surface area contributed by atoms with E-state index in [1.165, 1.54) is 6.33 Å². The molecule has 0 aliphatic rings. The standard InChI is InChI=1S/C19H23N7O2.HI/c1-20-19(23-12-17-24-13-25-26(17)2)22-11-14-7-8-18(21-10-14)28-16-6-4-5-15(9-16)27-3;/h4-10,13H,11-12H2,1-3H3,(H2,20,22,23);1H. The molecule has 0 aliphatic carbocycles. The van der Waals surface area contributed by atoms with Gasteiger partial charge in [-0.3, -0.25) is 9.67 Å². The maximum Gasteiger partial charge on any atom is 0.219 e. The first-order valence-electron chi connectivity index (χ1n) is 8.72. The summed E-state index contributed by atoms with van der Waals surface area (Å²) in [7, 11) is 5.19. The molecule has 0 radical (unpaired) electrons. The topological polar surface area (TPSA) is 98.5 Å². The smallest absolute Gasteiger partial charge is 0.219 e. The number of benzene rings is 1. The lowest BCUT2D eigenvalue weighted by molar-refractivity contribution is 0.407. The first kappa shape index (κ1) is 22.4. The van der Waals surface area contributed by atoms with E-state index in [0.29, 0.717) is 30.7 Å². The summed E-state index contributed by atoms with van der Waals surface area (Å²) in [5, 5.41) is 10.5. The van der Waals surface area contributed by atoms with E-state index >= 15 is 0 Å². The Kier molecular flexibility index (Phi) is 8.65.